The third kappa shape index (κ3) is 9.54. The first-order valence-electron chi connectivity index (χ1n) is 15.8. The highest BCUT2D eigenvalue weighted by Crippen LogP contribution is 2.29. The molecule has 0 radical (unpaired) electrons. The standard InChI is InChI=1S/C39H38N4O5/c44-36(41-47)28-43(38(31-17-7-2-8-18-31)32-19-9-3-10-20-32)37(45)29-42(27-13-16-30-14-5-1-6-15-30)39(46)40-33-23-25-35(26-24-33)48-34-21-11-4-12-22-34/h1-12,14-15,17-26,38,47H,13,16,27-29H2,(H,40,46)(H,41,44). The van der Waals surface area contributed by atoms with Gasteiger partial charge in [-0.05, 0) is 65.9 Å². The molecule has 9 nitrogen and oxygen atoms in total. The molecule has 0 unspecified atom stereocenters. The minimum absolute atomic E-state index is 0.281. The van der Waals surface area contributed by atoms with Crippen LogP contribution in [0.15, 0.2) is 146 Å². The zero-order valence-corrected chi connectivity index (χ0v) is 26.4. The minimum Gasteiger partial charge on any atom is -0.457 e. The van der Waals surface area contributed by atoms with E-state index in [-0.39, 0.29) is 13.1 Å². The number of nitrogens with one attached hydrogen (secondary N) is 2. The molecule has 5 aromatic carbocycles. The van der Waals surface area contributed by atoms with Gasteiger partial charge in [-0.3, -0.25) is 14.8 Å². The summed E-state index contributed by atoms with van der Waals surface area (Å²) in [4.78, 5) is 43.4. The van der Waals surface area contributed by atoms with Crippen LogP contribution in [0.3, 0.4) is 0 Å². The second kappa shape index (κ2) is 17.1. The molecule has 0 saturated heterocycles. The number of para-hydroxylation sites is 1. The summed E-state index contributed by atoms with van der Waals surface area (Å²) >= 11 is 0. The van der Waals surface area contributed by atoms with Gasteiger partial charge in [-0.1, -0.05) is 109 Å². The third-order valence-corrected chi connectivity index (χ3v) is 7.74. The molecule has 0 atom stereocenters. The van der Waals surface area contributed by atoms with E-state index >= 15 is 0 Å². The molecule has 5 rings (SSSR count). The third-order valence-electron chi connectivity index (χ3n) is 7.74. The lowest BCUT2D eigenvalue weighted by atomic mass is 9.96. The van der Waals surface area contributed by atoms with E-state index in [1.165, 1.54) is 9.80 Å². The first-order chi connectivity index (χ1) is 23.5. The van der Waals surface area contributed by atoms with Crippen molar-refractivity contribution in [3.63, 3.8) is 0 Å². The Morgan fingerprint density at radius 1 is 0.646 bits per heavy atom. The van der Waals surface area contributed by atoms with E-state index in [1.807, 2.05) is 121 Å². The molecule has 0 saturated carbocycles. The highest BCUT2D eigenvalue weighted by Gasteiger charge is 2.31. The van der Waals surface area contributed by atoms with Crippen molar-refractivity contribution in [1.29, 1.82) is 0 Å². The summed E-state index contributed by atoms with van der Waals surface area (Å²) in [5, 5.41) is 12.3. The largest absolute Gasteiger partial charge is 0.457 e. The molecule has 0 aliphatic heterocycles. The Bertz CT molecular complexity index is 1700. The van der Waals surface area contributed by atoms with Crippen LogP contribution in [-0.4, -0.2) is 52.5 Å². The van der Waals surface area contributed by atoms with E-state index in [4.69, 9.17) is 4.74 Å². The van der Waals surface area contributed by atoms with E-state index < -0.39 is 30.4 Å². The van der Waals surface area contributed by atoms with Gasteiger partial charge in [0, 0.05) is 12.2 Å². The first-order valence-corrected chi connectivity index (χ1v) is 15.8. The fraction of sp³-hybridized carbons (Fsp3) is 0.154. The quantitative estimate of drug-likeness (QED) is 0.0887. The van der Waals surface area contributed by atoms with Crippen LogP contribution in [0.2, 0.25) is 0 Å². The molecule has 5 aromatic rings. The number of ether oxygens (including phenoxy) is 1. The molecule has 0 aliphatic rings. The Morgan fingerprint density at radius 2 is 1.17 bits per heavy atom. The van der Waals surface area contributed by atoms with E-state index in [0.29, 0.717) is 30.0 Å². The summed E-state index contributed by atoms with van der Waals surface area (Å²) in [6.07, 6.45) is 1.31. The van der Waals surface area contributed by atoms with Crippen molar-refractivity contribution in [2.24, 2.45) is 0 Å². The van der Waals surface area contributed by atoms with E-state index in [0.717, 1.165) is 16.7 Å². The predicted molar refractivity (Wildman–Crippen MR) is 185 cm³/mol. The highest BCUT2D eigenvalue weighted by atomic mass is 16.5. The SMILES string of the molecule is O=C(CN(C(=O)CN(CCCc1ccccc1)C(=O)Nc1ccc(Oc2ccccc2)cc1)C(c1ccccc1)c1ccccc1)NO. The second-order valence-corrected chi connectivity index (χ2v) is 11.2. The number of urea groups is 1. The summed E-state index contributed by atoms with van der Waals surface area (Å²) in [5.74, 6) is 0.0942. The van der Waals surface area contributed by atoms with Crippen LogP contribution >= 0.6 is 0 Å². The van der Waals surface area contributed by atoms with Gasteiger partial charge < -0.3 is 19.9 Å². The van der Waals surface area contributed by atoms with Crippen LogP contribution in [0.4, 0.5) is 10.5 Å². The number of amides is 4. The topological polar surface area (TPSA) is 111 Å². The Hall–Kier alpha value is -5.93. The highest BCUT2D eigenvalue weighted by molar-refractivity contribution is 5.93. The molecule has 0 spiro atoms. The lowest BCUT2D eigenvalue weighted by Gasteiger charge is -2.34. The summed E-state index contributed by atoms with van der Waals surface area (Å²) in [6.45, 7) is -0.445. The molecular formula is C39H38N4O5. The number of benzene rings is 5. The molecule has 4 amide bonds. The van der Waals surface area contributed by atoms with Gasteiger partial charge in [0.15, 0.2) is 0 Å². The molecule has 0 aromatic heterocycles. The van der Waals surface area contributed by atoms with Crippen LogP contribution < -0.4 is 15.5 Å². The van der Waals surface area contributed by atoms with E-state index in [9.17, 15) is 19.6 Å². The second-order valence-electron chi connectivity index (χ2n) is 11.2. The molecule has 48 heavy (non-hydrogen) atoms. The summed E-state index contributed by atoms with van der Waals surface area (Å²) in [5.41, 5.74) is 4.86. The maximum absolute atomic E-state index is 14.2. The van der Waals surface area contributed by atoms with Gasteiger partial charge in [-0.15, -0.1) is 0 Å². The van der Waals surface area contributed by atoms with Crippen molar-refractivity contribution in [2.75, 3.05) is 25.0 Å². The number of hydrogen-bond acceptors (Lipinski definition) is 5. The van der Waals surface area contributed by atoms with Crippen molar-refractivity contribution < 1.29 is 24.3 Å². The van der Waals surface area contributed by atoms with Crippen molar-refractivity contribution in [3.8, 4) is 11.5 Å². The van der Waals surface area contributed by atoms with Gasteiger partial charge in [0.05, 0.1) is 6.04 Å². The van der Waals surface area contributed by atoms with Crippen LogP contribution in [0.25, 0.3) is 0 Å². The van der Waals surface area contributed by atoms with Gasteiger partial charge >= 0.3 is 6.03 Å². The molecule has 0 heterocycles. The van der Waals surface area contributed by atoms with Crippen LogP contribution in [0, 0.1) is 0 Å². The number of carbonyl (C=O) groups is 3. The Labute approximate surface area is 280 Å². The normalized spacial score (nSPS) is 10.6. The first kappa shape index (κ1) is 33.4. The Balaban J connectivity index is 1.38. The smallest absolute Gasteiger partial charge is 0.322 e. The maximum atomic E-state index is 14.2. The van der Waals surface area contributed by atoms with Gasteiger partial charge in [0.1, 0.15) is 24.6 Å². The average molecular weight is 643 g/mol. The predicted octanol–water partition coefficient (Wildman–Crippen LogP) is 7.07. The number of nitrogens with zero attached hydrogens (tertiary/aromatic N) is 2. The Kier molecular flexibility index (Phi) is 11.9. The molecule has 0 fully saturated rings. The van der Waals surface area contributed by atoms with Gasteiger partial charge in [0.25, 0.3) is 5.91 Å². The maximum Gasteiger partial charge on any atom is 0.322 e. The summed E-state index contributed by atoms with van der Waals surface area (Å²) < 4.78 is 5.87. The number of hydrogen-bond donors (Lipinski definition) is 3. The minimum atomic E-state index is -0.752. The molecule has 0 bridgehead atoms. The van der Waals surface area contributed by atoms with Crippen molar-refractivity contribution >= 4 is 23.5 Å². The van der Waals surface area contributed by atoms with Crippen LogP contribution in [-0.2, 0) is 16.0 Å². The number of aryl methyl sites for hydroxylation is 1. The summed E-state index contributed by atoms with van der Waals surface area (Å²) in [6, 6.07) is 43.9. The zero-order valence-electron chi connectivity index (χ0n) is 26.4. The number of hydroxylamine groups is 1. The van der Waals surface area contributed by atoms with Crippen molar-refractivity contribution in [1.82, 2.24) is 15.3 Å². The molecule has 9 heteroatoms. The van der Waals surface area contributed by atoms with E-state index in [1.54, 1.807) is 29.7 Å². The molecule has 3 N–H and O–H groups in total. The van der Waals surface area contributed by atoms with Crippen LogP contribution in [0.1, 0.15) is 29.2 Å². The average Bonchev–Trinajstić information content (AvgIpc) is 3.13. The number of anilines is 1. The molecule has 0 aliphatic carbocycles. The number of carbonyl (C=O) groups excluding carboxylic acids is 3. The molecule has 244 valence electrons. The van der Waals surface area contributed by atoms with Crippen molar-refractivity contribution in [2.45, 2.75) is 18.9 Å². The van der Waals surface area contributed by atoms with Gasteiger partial charge in [-0.2, -0.15) is 0 Å². The van der Waals surface area contributed by atoms with Crippen molar-refractivity contribution in [3.05, 3.63) is 162 Å². The lowest BCUT2D eigenvalue weighted by molar-refractivity contribution is -0.141. The fourth-order valence-electron chi connectivity index (χ4n) is 5.40. The summed E-state index contributed by atoms with van der Waals surface area (Å²) in [7, 11) is 0. The van der Waals surface area contributed by atoms with Gasteiger partial charge in [0.2, 0.25) is 5.91 Å². The van der Waals surface area contributed by atoms with Crippen LogP contribution in [0.5, 0.6) is 11.5 Å². The molecular weight excluding hydrogens is 604 g/mol. The van der Waals surface area contributed by atoms with Gasteiger partial charge in [-0.25, -0.2) is 10.3 Å². The zero-order chi connectivity index (χ0) is 33.6. The van der Waals surface area contributed by atoms with E-state index in [2.05, 4.69) is 5.32 Å². The number of rotatable bonds is 14. The Morgan fingerprint density at radius 3 is 1.73 bits per heavy atom. The fourth-order valence-corrected chi connectivity index (χ4v) is 5.40. The monoisotopic (exact) mass is 642 g/mol. The lowest BCUT2D eigenvalue weighted by Crippen LogP contribution is -2.49.